The molecule has 0 fully saturated rings. The zero-order valence-corrected chi connectivity index (χ0v) is 42.1. The number of hydrogen-bond donors (Lipinski definition) is 0. The molecule has 0 saturated heterocycles. The lowest BCUT2D eigenvalue weighted by Gasteiger charge is -2.33. The van der Waals surface area contributed by atoms with Gasteiger partial charge in [0, 0.05) is 94.6 Å². The van der Waals surface area contributed by atoms with E-state index in [1.807, 2.05) is 19.1 Å². The third-order valence-electron chi connectivity index (χ3n) is 15.3. The van der Waals surface area contributed by atoms with Gasteiger partial charge in [-0.15, -0.1) is 0 Å². The zero-order valence-electron chi connectivity index (χ0n) is 40.4. The van der Waals surface area contributed by atoms with Crippen molar-refractivity contribution in [1.29, 1.82) is 0 Å². The Morgan fingerprint density at radius 3 is 1.49 bits per heavy atom. The average Bonchev–Trinajstić information content (AvgIpc) is 4.19. The second-order valence-corrected chi connectivity index (χ2v) is 23.5. The van der Waals surface area contributed by atoms with Gasteiger partial charge in [-0.3, -0.25) is 0 Å². The van der Waals surface area contributed by atoms with Crippen LogP contribution in [0.5, 0.6) is 11.5 Å². The third-order valence-corrected chi connectivity index (χ3v) is 20.2. The molecule has 10 aromatic carbocycles. The summed E-state index contributed by atoms with van der Waals surface area (Å²) in [7, 11) is 0. The fourth-order valence-electron chi connectivity index (χ4n) is 12.2. The van der Waals surface area contributed by atoms with Crippen LogP contribution in [-0.2, 0) is 11.8 Å². The molecule has 7 heteroatoms. The minimum atomic E-state index is -2.66. The minimum absolute atomic E-state index is 0.776. The monoisotopic (exact) mass is 984 g/mol. The summed E-state index contributed by atoms with van der Waals surface area (Å²) in [5.41, 5.74) is 13.1. The van der Waals surface area contributed by atoms with E-state index in [2.05, 4.69) is 255 Å². The quantitative estimate of drug-likeness (QED) is 0.118. The van der Waals surface area contributed by atoms with Crippen LogP contribution < -0.4 is 20.7 Å². The first-order chi connectivity index (χ1) is 36.5. The van der Waals surface area contributed by atoms with Crippen molar-refractivity contribution >= 4 is 127 Å². The van der Waals surface area contributed by atoms with Crippen molar-refractivity contribution in [2.24, 2.45) is 0 Å². The van der Waals surface area contributed by atoms with Crippen molar-refractivity contribution in [2.45, 2.75) is 6.92 Å². The Morgan fingerprint density at radius 1 is 0.432 bits per heavy atom. The highest BCUT2D eigenvalue weighted by Crippen LogP contribution is 2.54. The van der Waals surface area contributed by atoms with E-state index in [-0.39, 0.29) is 0 Å². The molecule has 0 radical (unpaired) electrons. The summed E-state index contributed by atoms with van der Waals surface area (Å²) in [5, 5.41) is 12.7. The van der Waals surface area contributed by atoms with Crippen LogP contribution in [0.25, 0.3) is 110 Å². The summed E-state index contributed by atoms with van der Waals surface area (Å²) >= 11 is 7.16. The second-order valence-electron chi connectivity index (χ2n) is 19.2. The highest BCUT2D eigenvalue weighted by molar-refractivity contribution is 8.25. The molecule has 14 aromatic rings. The summed E-state index contributed by atoms with van der Waals surface area (Å²) in [5.74, 6) is 1.55. The maximum absolute atomic E-state index is 7.38. The normalized spacial score (nSPS) is 14.7. The molecule has 1 atom stereocenters. The number of para-hydroxylation sites is 5. The van der Waals surface area contributed by atoms with Gasteiger partial charge in [0.25, 0.3) is 0 Å². The lowest BCUT2D eigenvalue weighted by Crippen LogP contribution is -2.30. The van der Waals surface area contributed by atoms with Crippen molar-refractivity contribution < 1.29 is 4.74 Å². The first kappa shape index (κ1) is 42.7. The third kappa shape index (κ3) is 5.95. The Hall–Kier alpha value is -8.93. The molecule has 0 spiro atoms. The van der Waals surface area contributed by atoms with E-state index in [9.17, 15) is 0 Å². The summed E-state index contributed by atoms with van der Waals surface area (Å²) in [4.78, 5) is 0. The number of hydrogen-bond acceptors (Lipinski definition) is 2. The fraction of sp³-hybridized carbons (Fsp3) is 0.0149. The number of ether oxygens (including phenoxy) is 1. The molecule has 1 unspecified atom stereocenters. The molecule has 15 rings (SSSR count). The predicted octanol–water partition coefficient (Wildman–Crippen LogP) is 16.6. The second kappa shape index (κ2) is 16.3. The van der Waals surface area contributed by atoms with Gasteiger partial charge in [0.05, 0.1) is 44.1 Å². The van der Waals surface area contributed by atoms with Gasteiger partial charge >= 0.3 is 0 Å². The van der Waals surface area contributed by atoms with Gasteiger partial charge < -0.3 is 23.0 Å². The lowest BCUT2D eigenvalue weighted by molar-refractivity contribution is 0.488. The molecular weight excluding hydrogens is 940 g/mol. The largest absolute Gasteiger partial charge is 0.456 e. The molecule has 5 nitrogen and oxygen atoms in total. The summed E-state index contributed by atoms with van der Waals surface area (Å²) < 4.78 is 16.9. The van der Waals surface area contributed by atoms with Gasteiger partial charge in [-0.1, -0.05) is 170 Å². The standard InChI is InChI=1S/C67H45N4OPS/c1-3-4-7-20-43(2)68-56-31-18-14-27-52(56)64-58(68)37-35-50-48-25-12-16-29-54(48)70(66(50)64)45-33-39-62-60(41-45)72-61-42-46(34-40-63(61)73(62,74)47-23-10-6-11-24-47)71-55-30-17-13-26-49(55)51-36-38-59-65(67(51)71)53-28-15-19-32-57(53)69(59)44-21-8-5-9-22-44/h3-42H,2H2,1H3/b4-3-,20-7-. The van der Waals surface area contributed by atoms with E-state index in [1.165, 1.54) is 48.6 Å². The molecule has 0 saturated carbocycles. The number of fused-ring (bicyclic) bond motifs is 16. The van der Waals surface area contributed by atoms with Crippen LogP contribution in [-0.4, -0.2) is 18.3 Å². The van der Waals surface area contributed by atoms with Gasteiger partial charge in [-0.05, 0) is 91.1 Å². The molecule has 0 amide bonds. The number of rotatable bonds is 7. The van der Waals surface area contributed by atoms with Crippen LogP contribution in [0.15, 0.2) is 249 Å². The molecule has 4 aromatic heterocycles. The van der Waals surface area contributed by atoms with Crippen molar-refractivity contribution in [1.82, 2.24) is 18.3 Å². The Bertz CT molecular complexity index is 4820. The fourth-order valence-corrected chi connectivity index (χ4v) is 16.3. The highest BCUT2D eigenvalue weighted by atomic mass is 32.4. The Kier molecular flexibility index (Phi) is 9.41. The number of aromatic nitrogens is 4. The maximum atomic E-state index is 7.38. The first-order valence-corrected chi connectivity index (χ1v) is 27.9. The SMILES string of the molecule is C=C(/C=C\C=C/C)n1c2ccccc2c2c1ccc1c3ccccc3n(-c3ccc4c(c3)Oc3cc(-n5c6ccccc6c6ccc7c(c8ccccc8n7-c7ccccc7)c65)ccc3P4(=S)c3ccccc3)c12. The van der Waals surface area contributed by atoms with Crippen LogP contribution in [0.1, 0.15) is 6.92 Å². The highest BCUT2D eigenvalue weighted by Gasteiger charge is 2.36. The molecule has 350 valence electrons. The van der Waals surface area contributed by atoms with Gasteiger partial charge in [0.15, 0.2) is 0 Å². The zero-order chi connectivity index (χ0) is 49.2. The molecule has 0 bridgehead atoms. The van der Waals surface area contributed by atoms with E-state index < -0.39 is 6.04 Å². The number of benzene rings is 10. The average molecular weight is 985 g/mol. The van der Waals surface area contributed by atoms with Gasteiger partial charge in [0.2, 0.25) is 0 Å². The Morgan fingerprint density at radius 2 is 0.905 bits per heavy atom. The summed E-state index contributed by atoms with van der Waals surface area (Å²) in [6.45, 7) is 6.60. The summed E-state index contributed by atoms with van der Waals surface area (Å²) in [6, 6.07) is 76.3. The van der Waals surface area contributed by atoms with Gasteiger partial charge in [-0.25, -0.2) is 0 Å². The van der Waals surface area contributed by atoms with E-state index >= 15 is 0 Å². The topological polar surface area (TPSA) is 28.9 Å². The van der Waals surface area contributed by atoms with E-state index in [0.717, 1.165) is 88.8 Å². The summed E-state index contributed by atoms with van der Waals surface area (Å²) in [6.07, 6.45) is 8.21. The smallest absolute Gasteiger partial charge is 0.138 e. The van der Waals surface area contributed by atoms with Crippen LogP contribution >= 0.6 is 6.04 Å². The predicted molar refractivity (Wildman–Crippen MR) is 318 cm³/mol. The van der Waals surface area contributed by atoms with Crippen molar-refractivity contribution in [3.63, 3.8) is 0 Å². The van der Waals surface area contributed by atoms with Gasteiger partial charge in [0.1, 0.15) is 11.5 Å². The molecule has 74 heavy (non-hydrogen) atoms. The van der Waals surface area contributed by atoms with Crippen LogP contribution in [0.3, 0.4) is 0 Å². The molecule has 5 heterocycles. The van der Waals surface area contributed by atoms with E-state index in [4.69, 9.17) is 16.5 Å². The number of allylic oxidation sites excluding steroid dienone is 5. The van der Waals surface area contributed by atoms with Crippen LogP contribution in [0.4, 0.5) is 0 Å². The van der Waals surface area contributed by atoms with Crippen molar-refractivity contribution in [2.75, 3.05) is 0 Å². The van der Waals surface area contributed by atoms with Crippen molar-refractivity contribution in [3.8, 4) is 28.6 Å². The minimum Gasteiger partial charge on any atom is -0.456 e. The van der Waals surface area contributed by atoms with Crippen LogP contribution in [0.2, 0.25) is 0 Å². The lowest BCUT2D eigenvalue weighted by atomic mass is 10.1. The molecule has 1 aliphatic rings. The molecule has 0 aliphatic carbocycles. The van der Waals surface area contributed by atoms with E-state index in [1.54, 1.807) is 0 Å². The number of nitrogens with zero attached hydrogens (tertiary/aromatic N) is 4. The molecular formula is C67H45N4OPS. The molecule has 0 N–H and O–H groups in total. The molecule has 1 aliphatic heterocycles. The van der Waals surface area contributed by atoms with E-state index in [0.29, 0.717) is 0 Å². The van der Waals surface area contributed by atoms with Crippen LogP contribution in [0, 0.1) is 0 Å². The first-order valence-electron chi connectivity index (χ1n) is 25.1. The maximum Gasteiger partial charge on any atom is 0.138 e. The van der Waals surface area contributed by atoms with Gasteiger partial charge in [-0.2, -0.15) is 0 Å². The Balaban J connectivity index is 0.976. The van der Waals surface area contributed by atoms with Crippen molar-refractivity contribution in [3.05, 3.63) is 249 Å². The Labute approximate surface area is 432 Å².